The fourth-order valence-electron chi connectivity index (χ4n) is 5.28. The molecule has 3 N–H and O–H groups in total. The Labute approximate surface area is 197 Å². The lowest BCUT2D eigenvalue weighted by molar-refractivity contribution is -0.0176. The van der Waals surface area contributed by atoms with Crippen LogP contribution in [-0.4, -0.2) is 37.7 Å². The largest absolute Gasteiger partial charge is 0.393 e. The molecule has 0 aromatic heterocycles. The molecule has 1 aliphatic carbocycles. The van der Waals surface area contributed by atoms with Gasteiger partial charge in [0.2, 0.25) is 10.0 Å². The lowest BCUT2D eigenvalue weighted by Crippen LogP contribution is -2.31. The second-order valence-electron chi connectivity index (χ2n) is 9.23. The number of nitrogens with zero attached hydrogens (tertiary/aromatic N) is 1. The Bertz CT molecular complexity index is 1090. The van der Waals surface area contributed by atoms with Crippen molar-refractivity contribution < 1.29 is 18.3 Å². The van der Waals surface area contributed by atoms with Crippen molar-refractivity contribution in [2.45, 2.75) is 68.8 Å². The summed E-state index contributed by atoms with van der Waals surface area (Å²) < 4.78 is 28.8. The molecule has 1 fully saturated rings. The van der Waals surface area contributed by atoms with Crippen LogP contribution < -0.4 is 5.14 Å². The number of aliphatic hydroxyl groups excluding tert-OH is 1. The Morgan fingerprint density at radius 2 is 1.79 bits per heavy atom. The van der Waals surface area contributed by atoms with Crippen molar-refractivity contribution >= 4 is 15.7 Å². The van der Waals surface area contributed by atoms with E-state index in [2.05, 4.69) is 49.2 Å². The summed E-state index contributed by atoms with van der Waals surface area (Å²) in [6.45, 7) is 2.51. The standard InChI is InChI=1S/C26H34N2O4S/c1-3-24-22-6-4-5-7-23(22)25(28(24)2)16-26(29)19-10-12-20(13-11-19)32-17-18-8-14-21(15-9-18)33(27,30)31/h3-9,14-15,19-20,25-26,29H,10-13,16-17H2,1-2H3,(H2,27,30,31). The van der Waals surface area contributed by atoms with Gasteiger partial charge < -0.3 is 14.7 Å². The van der Waals surface area contributed by atoms with Crippen molar-refractivity contribution in [1.29, 1.82) is 0 Å². The van der Waals surface area contributed by atoms with Crippen LogP contribution in [0.2, 0.25) is 0 Å². The van der Waals surface area contributed by atoms with Crippen molar-refractivity contribution in [3.05, 3.63) is 71.3 Å². The normalized spacial score (nSPS) is 25.3. The van der Waals surface area contributed by atoms with Crippen LogP contribution in [0.1, 0.15) is 61.8 Å². The maximum absolute atomic E-state index is 11.4. The third-order valence-corrected chi connectivity index (χ3v) is 8.11. The SMILES string of the molecule is CC=C1c2ccccc2C(CC(O)C2CCC(OCc3ccc(S(N)(=O)=O)cc3)CC2)N1C. The molecule has 6 nitrogen and oxygen atoms in total. The number of aliphatic hydroxyl groups is 1. The third kappa shape index (κ3) is 5.32. The van der Waals surface area contributed by atoms with Gasteiger partial charge in [0.25, 0.3) is 0 Å². The first-order chi connectivity index (χ1) is 15.8. The predicted octanol–water partition coefficient (Wildman–Crippen LogP) is 4.21. The molecular weight excluding hydrogens is 436 g/mol. The maximum Gasteiger partial charge on any atom is 0.238 e. The van der Waals surface area contributed by atoms with E-state index in [1.165, 1.54) is 29.0 Å². The number of primary sulfonamides is 1. The minimum Gasteiger partial charge on any atom is -0.393 e. The molecule has 0 radical (unpaired) electrons. The number of hydrogen-bond acceptors (Lipinski definition) is 5. The summed E-state index contributed by atoms with van der Waals surface area (Å²) in [6, 6.07) is 15.2. The molecule has 0 bridgehead atoms. The fourth-order valence-corrected chi connectivity index (χ4v) is 5.80. The highest BCUT2D eigenvalue weighted by Crippen LogP contribution is 2.43. The van der Waals surface area contributed by atoms with Gasteiger partial charge >= 0.3 is 0 Å². The lowest BCUT2D eigenvalue weighted by Gasteiger charge is -2.34. The molecule has 0 amide bonds. The zero-order chi connectivity index (χ0) is 23.6. The van der Waals surface area contributed by atoms with E-state index in [4.69, 9.17) is 9.88 Å². The van der Waals surface area contributed by atoms with Crippen molar-refractivity contribution in [3.8, 4) is 0 Å². The Morgan fingerprint density at radius 1 is 1.12 bits per heavy atom. The number of sulfonamides is 1. The summed E-state index contributed by atoms with van der Waals surface area (Å²) in [5.74, 6) is 0.286. The first kappa shape index (κ1) is 24.0. The minimum absolute atomic E-state index is 0.109. The molecule has 33 heavy (non-hydrogen) atoms. The van der Waals surface area contributed by atoms with E-state index in [1.54, 1.807) is 12.1 Å². The maximum atomic E-state index is 11.4. The number of rotatable bonds is 7. The zero-order valence-corrected chi connectivity index (χ0v) is 20.2. The average Bonchev–Trinajstić information content (AvgIpc) is 3.08. The van der Waals surface area contributed by atoms with Crippen molar-refractivity contribution in [3.63, 3.8) is 0 Å². The van der Waals surface area contributed by atoms with E-state index in [1.807, 2.05) is 0 Å². The van der Waals surface area contributed by atoms with Crippen molar-refractivity contribution in [2.24, 2.45) is 11.1 Å². The topological polar surface area (TPSA) is 92.9 Å². The lowest BCUT2D eigenvalue weighted by atomic mass is 9.81. The molecule has 0 saturated heterocycles. The molecule has 178 valence electrons. The van der Waals surface area contributed by atoms with Gasteiger partial charge in [-0.05, 0) is 68.2 Å². The Balaban J connectivity index is 1.28. The van der Waals surface area contributed by atoms with E-state index >= 15 is 0 Å². The summed E-state index contributed by atoms with van der Waals surface area (Å²) in [7, 11) is -1.56. The number of allylic oxidation sites excluding steroid dienone is 1. The van der Waals surface area contributed by atoms with E-state index in [9.17, 15) is 13.5 Å². The van der Waals surface area contributed by atoms with Crippen molar-refractivity contribution in [2.75, 3.05) is 7.05 Å². The van der Waals surface area contributed by atoms with Crippen LogP contribution in [0.25, 0.3) is 5.70 Å². The van der Waals surface area contributed by atoms with Gasteiger partial charge in [-0.2, -0.15) is 0 Å². The summed E-state index contributed by atoms with van der Waals surface area (Å²) in [5.41, 5.74) is 4.73. The second kappa shape index (κ2) is 9.97. The van der Waals surface area contributed by atoms with Crippen LogP contribution >= 0.6 is 0 Å². The second-order valence-corrected chi connectivity index (χ2v) is 10.8. The van der Waals surface area contributed by atoms with Gasteiger partial charge in [0, 0.05) is 18.3 Å². The molecule has 0 spiro atoms. The smallest absolute Gasteiger partial charge is 0.238 e. The quantitative estimate of drug-likeness (QED) is 0.632. The molecule has 1 heterocycles. The van der Waals surface area contributed by atoms with Crippen LogP contribution in [0.5, 0.6) is 0 Å². The number of fused-ring (bicyclic) bond motifs is 1. The predicted molar refractivity (Wildman–Crippen MR) is 130 cm³/mol. The fraction of sp³-hybridized carbons (Fsp3) is 0.462. The molecule has 1 aliphatic heterocycles. The molecular formula is C26H34N2O4S. The van der Waals surface area contributed by atoms with E-state index in [0.717, 1.165) is 37.7 Å². The highest BCUT2D eigenvalue weighted by molar-refractivity contribution is 7.89. The number of ether oxygens (including phenoxy) is 1. The van der Waals surface area contributed by atoms with Gasteiger partial charge in [0.15, 0.2) is 0 Å². The van der Waals surface area contributed by atoms with E-state index in [-0.39, 0.29) is 29.1 Å². The van der Waals surface area contributed by atoms with Gasteiger partial charge in [0.05, 0.1) is 29.8 Å². The van der Waals surface area contributed by atoms with Crippen LogP contribution in [0.4, 0.5) is 0 Å². The summed E-state index contributed by atoms with van der Waals surface area (Å²) in [4.78, 5) is 2.40. The summed E-state index contributed by atoms with van der Waals surface area (Å²) in [6.07, 6.45) is 6.45. The van der Waals surface area contributed by atoms with E-state index in [0.29, 0.717) is 6.61 Å². The van der Waals surface area contributed by atoms with Gasteiger partial charge in [-0.3, -0.25) is 0 Å². The monoisotopic (exact) mass is 470 g/mol. The molecule has 2 unspecified atom stereocenters. The van der Waals surface area contributed by atoms with E-state index < -0.39 is 10.0 Å². The summed E-state index contributed by atoms with van der Waals surface area (Å²) in [5, 5.41) is 16.2. The molecule has 1 saturated carbocycles. The Hall–Kier alpha value is -2.19. The van der Waals surface area contributed by atoms with Crippen LogP contribution in [0, 0.1) is 5.92 Å². The first-order valence-electron chi connectivity index (χ1n) is 11.7. The van der Waals surface area contributed by atoms with Crippen LogP contribution in [0.15, 0.2) is 59.5 Å². The minimum atomic E-state index is -3.67. The van der Waals surface area contributed by atoms with Gasteiger partial charge in [-0.25, -0.2) is 13.6 Å². The zero-order valence-electron chi connectivity index (χ0n) is 19.4. The summed E-state index contributed by atoms with van der Waals surface area (Å²) >= 11 is 0. The molecule has 2 aliphatic rings. The number of hydrogen-bond donors (Lipinski definition) is 2. The third-order valence-electron chi connectivity index (χ3n) is 7.18. The highest BCUT2D eigenvalue weighted by atomic mass is 32.2. The van der Waals surface area contributed by atoms with Crippen molar-refractivity contribution in [1.82, 2.24) is 4.90 Å². The van der Waals surface area contributed by atoms with Gasteiger partial charge in [-0.1, -0.05) is 42.5 Å². The van der Waals surface area contributed by atoms with Crippen LogP contribution in [0.3, 0.4) is 0 Å². The van der Waals surface area contributed by atoms with Gasteiger partial charge in [-0.15, -0.1) is 0 Å². The Morgan fingerprint density at radius 3 is 2.42 bits per heavy atom. The number of nitrogens with two attached hydrogens (primary N) is 1. The highest BCUT2D eigenvalue weighted by Gasteiger charge is 2.35. The van der Waals surface area contributed by atoms with Crippen LogP contribution in [-0.2, 0) is 21.4 Å². The molecule has 7 heteroatoms. The molecule has 2 atom stereocenters. The molecule has 2 aromatic carbocycles. The van der Waals surface area contributed by atoms with Gasteiger partial charge in [0.1, 0.15) is 0 Å². The first-order valence-corrected chi connectivity index (χ1v) is 13.2. The molecule has 2 aromatic rings. The molecule has 4 rings (SSSR count). The average molecular weight is 471 g/mol. The Kier molecular flexibility index (Phi) is 7.24. The number of benzene rings is 2.